The van der Waals surface area contributed by atoms with Gasteiger partial charge in [-0.1, -0.05) is 42.8 Å². The van der Waals surface area contributed by atoms with Crippen LogP contribution in [0.15, 0.2) is 48.5 Å². The van der Waals surface area contributed by atoms with Gasteiger partial charge in [0.05, 0.1) is 0 Å². The van der Waals surface area contributed by atoms with Gasteiger partial charge in [-0.05, 0) is 61.3 Å². The Labute approximate surface area is 155 Å². The van der Waals surface area contributed by atoms with Gasteiger partial charge in [0.25, 0.3) is 0 Å². The number of halogens is 1. The van der Waals surface area contributed by atoms with E-state index in [1.165, 1.54) is 24.9 Å². The SMILES string of the molecule is CCN1CCCC1CNCc1cccc(OCc2cccc(Cl)c2)c1. The number of hydrogen-bond donors (Lipinski definition) is 1. The van der Waals surface area contributed by atoms with Crippen LogP contribution in [0, 0.1) is 0 Å². The second kappa shape index (κ2) is 9.23. The minimum atomic E-state index is 0.533. The summed E-state index contributed by atoms with van der Waals surface area (Å²) < 4.78 is 5.91. The lowest BCUT2D eigenvalue weighted by atomic mass is 10.2. The molecular formula is C21H27ClN2O. The lowest BCUT2D eigenvalue weighted by Crippen LogP contribution is -2.37. The predicted octanol–water partition coefficient (Wildman–Crippen LogP) is 4.49. The zero-order chi connectivity index (χ0) is 17.5. The van der Waals surface area contributed by atoms with Crippen molar-refractivity contribution in [2.75, 3.05) is 19.6 Å². The molecule has 1 aliphatic rings. The molecule has 0 spiro atoms. The monoisotopic (exact) mass is 358 g/mol. The molecular weight excluding hydrogens is 332 g/mol. The summed E-state index contributed by atoms with van der Waals surface area (Å²) in [5.41, 5.74) is 2.33. The number of rotatable bonds is 8. The molecule has 1 N–H and O–H groups in total. The predicted molar refractivity (Wildman–Crippen MR) is 104 cm³/mol. The molecule has 0 amide bonds. The maximum Gasteiger partial charge on any atom is 0.120 e. The Kier molecular flexibility index (Phi) is 6.74. The van der Waals surface area contributed by atoms with Crippen molar-refractivity contribution in [2.45, 2.75) is 39.0 Å². The van der Waals surface area contributed by atoms with Crippen molar-refractivity contribution < 1.29 is 4.74 Å². The van der Waals surface area contributed by atoms with Gasteiger partial charge >= 0.3 is 0 Å². The first-order valence-corrected chi connectivity index (χ1v) is 9.53. The van der Waals surface area contributed by atoms with Crippen LogP contribution in [0.2, 0.25) is 5.02 Å². The summed E-state index contributed by atoms with van der Waals surface area (Å²) in [7, 11) is 0. The third-order valence-electron chi connectivity index (χ3n) is 4.81. The Morgan fingerprint density at radius 2 is 2.00 bits per heavy atom. The summed E-state index contributed by atoms with van der Waals surface area (Å²) in [5.74, 6) is 0.898. The molecule has 134 valence electrons. The maximum atomic E-state index is 6.02. The number of nitrogens with zero attached hydrogens (tertiary/aromatic N) is 1. The second-order valence-corrected chi connectivity index (χ2v) is 7.06. The van der Waals surface area contributed by atoms with Crippen LogP contribution in [0.5, 0.6) is 5.75 Å². The summed E-state index contributed by atoms with van der Waals surface area (Å²) in [4.78, 5) is 2.57. The number of nitrogens with one attached hydrogen (secondary N) is 1. The van der Waals surface area contributed by atoms with E-state index < -0.39 is 0 Å². The summed E-state index contributed by atoms with van der Waals surface area (Å²) in [6, 6.07) is 16.8. The van der Waals surface area contributed by atoms with Crippen molar-refractivity contribution in [3.8, 4) is 5.75 Å². The molecule has 2 aromatic carbocycles. The first kappa shape index (κ1) is 18.2. The van der Waals surface area contributed by atoms with Crippen LogP contribution in [-0.2, 0) is 13.2 Å². The zero-order valence-corrected chi connectivity index (χ0v) is 15.6. The van der Waals surface area contributed by atoms with E-state index in [9.17, 15) is 0 Å². The Balaban J connectivity index is 1.48. The van der Waals surface area contributed by atoms with Gasteiger partial charge in [-0.2, -0.15) is 0 Å². The fourth-order valence-electron chi connectivity index (χ4n) is 3.46. The summed E-state index contributed by atoms with van der Waals surface area (Å²) >= 11 is 6.02. The second-order valence-electron chi connectivity index (χ2n) is 6.62. The van der Waals surface area contributed by atoms with Crippen LogP contribution in [0.4, 0.5) is 0 Å². The highest BCUT2D eigenvalue weighted by Crippen LogP contribution is 2.18. The number of likely N-dealkylation sites (N-methyl/N-ethyl adjacent to an activating group) is 1. The van der Waals surface area contributed by atoms with Crippen molar-refractivity contribution in [1.29, 1.82) is 0 Å². The molecule has 4 heteroatoms. The third kappa shape index (κ3) is 5.46. The molecule has 0 saturated carbocycles. The van der Waals surface area contributed by atoms with Crippen LogP contribution in [-0.4, -0.2) is 30.6 Å². The Morgan fingerprint density at radius 1 is 1.16 bits per heavy atom. The molecule has 1 heterocycles. The number of hydrogen-bond acceptors (Lipinski definition) is 3. The molecule has 0 aliphatic carbocycles. The molecule has 0 aromatic heterocycles. The maximum absolute atomic E-state index is 6.02. The van der Waals surface area contributed by atoms with E-state index in [4.69, 9.17) is 16.3 Å². The van der Waals surface area contributed by atoms with Crippen molar-refractivity contribution in [1.82, 2.24) is 10.2 Å². The normalized spacial score (nSPS) is 17.8. The van der Waals surface area contributed by atoms with E-state index >= 15 is 0 Å². The van der Waals surface area contributed by atoms with E-state index in [-0.39, 0.29) is 0 Å². The lowest BCUT2D eigenvalue weighted by Gasteiger charge is -2.23. The van der Waals surface area contributed by atoms with Crippen LogP contribution in [0.25, 0.3) is 0 Å². The van der Waals surface area contributed by atoms with Crippen molar-refractivity contribution in [2.24, 2.45) is 0 Å². The fraction of sp³-hybridized carbons (Fsp3) is 0.429. The number of ether oxygens (including phenoxy) is 1. The average Bonchev–Trinajstić information content (AvgIpc) is 3.08. The Morgan fingerprint density at radius 3 is 2.84 bits per heavy atom. The number of benzene rings is 2. The van der Waals surface area contributed by atoms with Gasteiger partial charge in [0, 0.05) is 24.2 Å². The average molecular weight is 359 g/mol. The summed E-state index contributed by atoms with van der Waals surface area (Å²) in [6.45, 7) is 7.11. The molecule has 1 atom stereocenters. The van der Waals surface area contributed by atoms with Crippen LogP contribution < -0.4 is 10.1 Å². The van der Waals surface area contributed by atoms with Gasteiger partial charge in [0.2, 0.25) is 0 Å². The molecule has 3 rings (SSSR count). The van der Waals surface area contributed by atoms with Gasteiger partial charge < -0.3 is 10.1 Å². The minimum Gasteiger partial charge on any atom is -0.489 e. The standard InChI is InChI=1S/C21H27ClN2O/c1-2-24-11-5-9-20(24)15-23-14-17-6-4-10-21(13-17)25-16-18-7-3-8-19(22)12-18/h3-4,6-8,10,12-13,20,23H,2,5,9,11,14-16H2,1H3. The minimum absolute atomic E-state index is 0.533. The number of likely N-dealkylation sites (tertiary alicyclic amines) is 1. The van der Waals surface area contributed by atoms with Crippen LogP contribution in [0.3, 0.4) is 0 Å². The van der Waals surface area contributed by atoms with Gasteiger partial charge in [0.15, 0.2) is 0 Å². The van der Waals surface area contributed by atoms with Crippen LogP contribution in [0.1, 0.15) is 30.9 Å². The highest BCUT2D eigenvalue weighted by Gasteiger charge is 2.21. The van der Waals surface area contributed by atoms with E-state index in [1.807, 2.05) is 30.3 Å². The van der Waals surface area contributed by atoms with E-state index in [2.05, 4.69) is 35.3 Å². The highest BCUT2D eigenvalue weighted by atomic mass is 35.5. The molecule has 1 saturated heterocycles. The van der Waals surface area contributed by atoms with Crippen LogP contribution >= 0.6 is 11.6 Å². The van der Waals surface area contributed by atoms with Gasteiger partial charge in [-0.25, -0.2) is 0 Å². The molecule has 0 radical (unpaired) electrons. The van der Waals surface area contributed by atoms with Crippen molar-refractivity contribution >= 4 is 11.6 Å². The highest BCUT2D eigenvalue weighted by molar-refractivity contribution is 6.30. The molecule has 1 fully saturated rings. The van der Waals surface area contributed by atoms with Gasteiger partial charge in [0.1, 0.15) is 12.4 Å². The van der Waals surface area contributed by atoms with E-state index in [0.717, 1.165) is 36.0 Å². The smallest absolute Gasteiger partial charge is 0.120 e. The molecule has 3 nitrogen and oxygen atoms in total. The first-order valence-electron chi connectivity index (χ1n) is 9.15. The first-order chi connectivity index (χ1) is 12.2. The molecule has 1 unspecified atom stereocenters. The third-order valence-corrected chi connectivity index (χ3v) is 5.04. The van der Waals surface area contributed by atoms with E-state index in [1.54, 1.807) is 0 Å². The zero-order valence-electron chi connectivity index (χ0n) is 14.9. The molecule has 1 aliphatic heterocycles. The fourth-order valence-corrected chi connectivity index (χ4v) is 3.68. The summed E-state index contributed by atoms with van der Waals surface area (Å²) in [6.07, 6.45) is 2.64. The molecule has 0 bridgehead atoms. The largest absolute Gasteiger partial charge is 0.489 e. The summed E-state index contributed by atoms with van der Waals surface area (Å²) in [5, 5.41) is 4.34. The van der Waals surface area contributed by atoms with Gasteiger partial charge in [-0.3, -0.25) is 4.90 Å². The lowest BCUT2D eigenvalue weighted by molar-refractivity contribution is 0.260. The molecule has 25 heavy (non-hydrogen) atoms. The van der Waals surface area contributed by atoms with E-state index in [0.29, 0.717) is 12.6 Å². The van der Waals surface area contributed by atoms with Crippen molar-refractivity contribution in [3.05, 3.63) is 64.7 Å². The van der Waals surface area contributed by atoms with Crippen molar-refractivity contribution in [3.63, 3.8) is 0 Å². The Bertz CT molecular complexity index is 676. The molecule has 2 aromatic rings. The van der Waals surface area contributed by atoms with Gasteiger partial charge in [-0.15, -0.1) is 0 Å². The quantitative estimate of drug-likeness (QED) is 0.752. The Hall–Kier alpha value is -1.55. The topological polar surface area (TPSA) is 24.5 Å².